The molecule has 2 rings (SSSR count). The molecule has 89 valence electrons. The minimum absolute atomic E-state index is 0.286. The number of imide groups is 1. The molecular weight excluding hydrogens is 236 g/mol. The van der Waals surface area contributed by atoms with Crippen LogP contribution in [0, 0.1) is 0 Å². The van der Waals surface area contributed by atoms with Crippen LogP contribution in [-0.4, -0.2) is 41.9 Å². The lowest BCUT2D eigenvalue weighted by Crippen LogP contribution is -2.46. The van der Waals surface area contributed by atoms with Crippen LogP contribution in [0.3, 0.4) is 0 Å². The fraction of sp³-hybridized carbons (Fsp3) is 0.333. The van der Waals surface area contributed by atoms with Crippen LogP contribution in [-0.2, 0) is 4.79 Å². The quantitative estimate of drug-likeness (QED) is 0.749. The smallest absolute Gasteiger partial charge is 0.322 e. The van der Waals surface area contributed by atoms with Crippen molar-refractivity contribution in [2.75, 3.05) is 29.5 Å². The Morgan fingerprint density at radius 3 is 2.47 bits per heavy atom. The molecule has 0 unspecified atom stereocenters. The van der Waals surface area contributed by atoms with Crippen LogP contribution in [0.2, 0.25) is 0 Å². The number of urea groups is 1. The highest BCUT2D eigenvalue weighted by atomic mass is 32.2. The van der Waals surface area contributed by atoms with E-state index in [4.69, 9.17) is 0 Å². The van der Waals surface area contributed by atoms with Crippen LogP contribution in [0.25, 0.3) is 0 Å². The van der Waals surface area contributed by atoms with Crippen LogP contribution in [0.1, 0.15) is 0 Å². The molecule has 1 aromatic rings. The van der Waals surface area contributed by atoms with Gasteiger partial charge in [0.1, 0.15) is 0 Å². The Labute approximate surface area is 105 Å². The maximum Gasteiger partial charge on any atom is 0.331 e. The van der Waals surface area contributed by atoms with Crippen LogP contribution >= 0.6 is 11.8 Å². The number of para-hydroxylation sites is 1. The molecule has 1 aromatic carbocycles. The summed E-state index contributed by atoms with van der Waals surface area (Å²) in [5, 5.41) is 0. The zero-order chi connectivity index (χ0) is 12.1. The molecule has 3 amide bonds. The summed E-state index contributed by atoms with van der Waals surface area (Å²) in [7, 11) is 0. The lowest BCUT2D eigenvalue weighted by molar-refractivity contribution is 0.213. The normalized spacial score (nSPS) is 15.4. The molecule has 1 heterocycles. The molecule has 0 spiro atoms. The number of amides is 3. The molecule has 0 aromatic heterocycles. The fourth-order valence-corrected chi connectivity index (χ4v) is 2.58. The van der Waals surface area contributed by atoms with Gasteiger partial charge in [-0.2, -0.15) is 11.8 Å². The topological polar surface area (TPSA) is 40.6 Å². The minimum Gasteiger partial charge on any atom is -0.322 e. The predicted octanol–water partition coefficient (Wildman–Crippen LogP) is 1.73. The van der Waals surface area contributed by atoms with Crippen molar-refractivity contribution in [3.8, 4) is 0 Å². The molecule has 0 aliphatic carbocycles. The van der Waals surface area contributed by atoms with E-state index in [0.717, 1.165) is 16.4 Å². The third-order valence-electron chi connectivity index (χ3n) is 2.58. The summed E-state index contributed by atoms with van der Waals surface area (Å²) in [5.41, 5.74) is 0.561. The van der Waals surface area contributed by atoms with Gasteiger partial charge in [-0.05, 0) is 12.1 Å². The molecule has 0 N–H and O–H groups in total. The van der Waals surface area contributed by atoms with Gasteiger partial charge in [0.05, 0.1) is 5.69 Å². The highest BCUT2D eigenvalue weighted by molar-refractivity contribution is 7.99. The van der Waals surface area contributed by atoms with Gasteiger partial charge in [0.25, 0.3) is 0 Å². The molecule has 17 heavy (non-hydrogen) atoms. The number of benzene rings is 1. The first kappa shape index (κ1) is 12.0. The summed E-state index contributed by atoms with van der Waals surface area (Å²) in [6.45, 7) is 1.38. The maximum atomic E-state index is 12.1. The van der Waals surface area contributed by atoms with Gasteiger partial charge < -0.3 is 4.90 Å². The van der Waals surface area contributed by atoms with Crippen molar-refractivity contribution in [3.05, 3.63) is 30.3 Å². The van der Waals surface area contributed by atoms with E-state index in [0.29, 0.717) is 18.8 Å². The van der Waals surface area contributed by atoms with Gasteiger partial charge in [0.15, 0.2) is 0 Å². The summed E-state index contributed by atoms with van der Waals surface area (Å²) in [5.74, 6) is 1.85. The van der Waals surface area contributed by atoms with Crippen molar-refractivity contribution >= 4 is 29.9 Å². The van der Waals surface area contributed by atoms with Gasteiger partial charge in [-0.15, -0.1) is 0 Å². The van der Waals surface area contributed by atoms with E-state index in [2.05, 4.69) is 0 Å². The molecule has 1 radical (unpaired) electrons. The number of hydrogen-bond donors (Lipinski definition) is 0. The first-order chi connectivity index (χ1) is 8.33. The molecule has 0 atom stereocenters. The number of carbonyl (C=O) groups is 1. The molecule has 1 fully saturated rings. The van der Waals surface area contributed by atoms with Crippen molar-refractivity contribution in [3.63, 3.8) is 0 Å². The molecular formula is C12H13N2O2S. The monoisotopic (exact) mass is 249 g/mol. The lowest BCUT2D eigenvalue weighted by atomic mass is 10.3. The van der Waals surface area contributed by atoms with E-state index in [-0.39, 0.29) is 6.03 Å². The van der Waals surface area contributed by atoms with Crippen molar-refractivity contribution in [1.29, 1.82) is 0 Å². The highest BCUT2D eigenvalue weighted by Gasteiger charge is 2.24. The van der Waals surface area contributed by atoms with Gasteiger partial charge in [-0.25, -0.2) is 9.69 Å². The van der Waals surface area contributed by atoms with Gasteiger partial charge in [0, 0.05) is 24.6 Å². The molecule has 1 aliphatic heterocycles. The summed E-state index contributed by atoms with van der Waals surface area (Å²) in [4.78, 5) is 25.8. The number of nitrogens with zero attached hydrogens (tertiary/aromatic N) is 2. The number of rotatable bonds is 2. The lowest BCUT2D eigenvalue weighted by Gasteiger charge is -2.29. The Balaban J connectivity index is 2.12. The summed E-state index contributed by atoms with van der Waals surface area (Å²) < 4.78 is 0. The Kier molecular flexibility index (Phi) is 4.03. The molecule has 4 nitrogen and oxygen atoms in total. The number of hydrogen-bond acceptors (Lipinski definition) is 3. The fourth-order valence-electron chi connectivity index (χ4n) is 1.68. The molecule has 1 aliphatic rings. The third kappa shape index (κ3) is 2.79. The van der Waals surface area contributed by atoms with Gasteiger partial charge >= 0.3 is 12.4 Å². The molecule has 5 heteroatoms. The van der Waals surface area contributed by atoms with Crippen LogP contribution in [0.5, 0.6) is 0 Å². The van der Waals surface area contributed by atoms with Gasteiger partial charge in [0.2, 0.25) is 0 Å². The third-order valence-corrected chi connectivity index (χ3v) is 3.52. The first-order valence-electron chi connectivity index (χ1n) is 5.42. The second kappa shape index (κ2) is 5.72. The van der Waals surface area contributed by atoms with Crippen LogP contribution in [0.4, 0.5) is 10.5 Å². The van der Waals surface area contributed by atoms with Crippen molar-refractivity contribution < 1.29 is 9.59 Å². The van der Waals surface area contributed by atoms with E-state index < -0.39 is 0 Å². The Bertz CT molecular complexity index is 391. The van der Waals surface area contributed by atoms with Crippen molar-refractivity contribution in [2.24, 2.45) is 0 Å². The molecule has 0 saturated carbocycles. The van der Waals surface area contributed by atoms with Crippen molar-refractivity contribution in [1.82, 2.24) is 4.90 Å². The highest BCUT2D eigenvalue weighted by Crippen LogP contribution is 2.16. The van der Waals surface area contributed by atoms with Crippen molar-refractivity contribution in [2.45, 2.75) is 0 Å². The van der Waals surface area contributed by atoms with E-state index in [9.17, 15) is 9.59 Å². The summed E-state index contributed by atoms with van der Waals surface area (Å²) in [6.07, 6.45) is 1.70. The Morgan fingerprint density at radius 2 is 1.88 bits per heavy atom. The molecule has 1 saturated heterocycles. The van der Waals surface area contributed by atoms with E-state index >= 15 is 0 Å². The van der Waals surface area contributed by atoms with Crippen LogP contribution < -0.4 is 4.90 Å². The first-order valence-corrected chi connectivity index (χ1v) is 6.58. The molecule has 0 bridgehead atoms. The van der Waals surface area contributed by atoms with E-state index in [1.54, 1.807) is 35.6 Å². The number of carbonyl (C=O) groups excluding carboxylic acids is 2. The Morgan fingerprint density at radius 1 is 1.24 bits per heavy atom. The zero-order valence-electron chi connectivity index (χ0n) is 9.33. The number of thioether (sulfide) groups is 1. The standard InChI is InChI=1S/C12H13N2O2S/c15-10-14(11-4-2-1-3-5-11)12(16)13-6-8-17-9-7-13/h1-5H,6-9H2. The van der Waals surface area contributed by atoms with E-state index in [1.807, 2.05) is 17.8 Å². The maximum absolute atomic E-state index is 12.1. The van der Waals surface area contributed by atoms with Gasteiger partial charge in [-0.1, -0.05) is 18.2 Å². The van der Waals surface area contributed by atoms with Crippen LogP contribution in [0.15, 0.2) is 30.3 Å². The Hall–Kier alpha value is -1.49. The van der Waals surface area contributed by atoms with Gasteiger partial charge in [-0.3, -0.25) is 4.79 Å². The average Bonchev–Trinajstić information content (AvgIpc) is 2.42. The predicted molar refractivity (Wildman–Crippen MR) is 68.9 cm³/mol. The number of anilines is 1. The largest absolute Gasteiger partial charge is 0.331 e. The average molecular weight is 249 g/mol. The zero-order valence-corrected chi connectivity index (χ0v) is 10.2. The minimum atomic E-state index is -0.286. The van der Waals surface area contributed by atoms with E-state index in [1.165, 1.54) is 0 Å². The second-order valence-electron chi connectivity index (χ2n) is 3.64. The summed E-state index contributed by atoms with van der Waals surface area (Å²) >= 11 is 1.82. The SMILES string of the molecule is O=[C]N(C(=O)N1CCSCC1)c1ccccc1. The summed E-state index contributed by atoms with van der Waals surface area (Å²) in [6, 6.07) is 8.58. The second-order valence-corrected chi connectivity index (χ2v) is 4.87.